The third kappa shape index (κ3) is 4.01. The normalized spacial score (nSPS) is 19.7. The summed E-state index contributed by atoms with van der Waals surface area (Å²) in [5.41, 5.74) is -1.21. The zero-order valence-electron chi connectivity index (χ0n) is 16.0. The molecule has 1 fully saturated rings. The van der Waals surface area contributed by atoms with Crippen LogP contribution in [0.5, 0.6) is 0 Å². The molecule has 1 aliphatic rings. The first-order chi connectivity index (χ1) is 13.2. The van der Waals surface area contributed by atoms with Crippen molar-refractivity contribution in [2.45, 2.75) is 59.0 Å². The Morgan fingerprint density at radius 3 is 2.32 bits per heavy atom. The zero-order valence-corrected chi connectivity index (χ0v) is 16.7. The molecule has 0 aliphatic heterocycles. The second-order valence-corrected chi connectivity index (χ2v) is 7.71. The van der Waals surface area contributed by atoms with Gasteiger partial charge >= 0.3 is 0 Å². The van der Waals surface area contributed by atoms with Crippen LogP contribution in [0.4, 0.5) is 13.2 Å². The molecule has 1 amide bonds. The van der Waals surface area contributed by atoms with Gasteiger partial charge in [-0.15, -0.1) is 0 Å². The molecule has 1 heterocycles. The summed E-state index contributed by atoms with van der Waals surface area (Å²) in [6.07, 6.45) is 3.11. The predicted molar refractivity (Wildman–Crippen MR) is 98.8 cm³/mol. The molecule has 0 spiro atoms. The van der Waals surface area contributed by atoms with Gasteiger partial charge in [0.2, 0.25) is 0 Å². The Bertz CT molecular complexity index is 878. The average molecular weight is 415 g/mol. The van der Waals surface area contributed by atoms with Gasteiger partial charge in [-0.05, 0) is 52.4 Å². The van der Waals surface area contributed by atoms with Crippen LogP contribution in [0.15, 0.2) is 0 Å². The van der Waals surface area contributed by atoms with E-state index in [4.69, 9.17) is 11.6 Å². The van der Waals surface area contributed by atoms with E-state index in [1.807, 2.05) is 18.5 Å². The summed E-state index contributed by atoms with van der Waals surface area (Å²) in [5, 5.41) is 6.24. The number of carbonyl (C=O) groups excluding carboxylic acids is 1. The summed E-state index contributed by atoms with van der Waals surface area (Å²) in [5.74, 6) is -2.74. The van der Waals surface area contributed by atoms with Gasteiger partial charge in [0, 0.05) is 18.2 Å². The molecule has 0 atom stereocenters. The molecule has 0 saturated heterocycles. The summed E-state index contributed by atoms with van der Waals surface area (Å²) < 4.78 is 43.5. The van der Waals surface area contributed by atoms with Gasteiger partial charge in [-0.2, -0.15) is 5.10 Å². The number of hydrogen-bond acceptors (Lipinski definition) is 3. The van der Waals surface area contributed by atoms with Crippen LogP contribution in [0.1, 0.15) is 53.3 Å². The number of amides is 1. The number of rotatable bonds is 4. The van der Waals surface area contributed by atoms with Crippen molar-refractivity contribution < 1.29 is 18.0 Å². The van der Waals surface area contributed by atoms with E-state index in [-0.39, 0.29) is 6.04 Å². The van der Waals surface area contributed by atoms with Gasteiger partial charge in [-0.25, -0.2) is 22.8 Å². The van der Waals surface area contributed by atoms with Crippen LogP contribution in [0.2, 0.25) is 5.02 Å². The van der Waals surface area contributed by atoms with Crippen molar-refractivity contribution in [3.8, 4) is 0 Å². The number of hydrogen-bond donors (Lipinski definition) is 1. The van der Waals surface area contributed by atoms with Gasteiger partial charge in [-0.3, -0.25) is 4.79 Å². The number of aryl methyl sites for hydroxylation is 2. The Labute approximate surface area is 166 Å². The molecule has 3 rings (SSSR count). The number of aromatic nitrogens is 3. The molecule has 1 saturated carbocycles. The molecule has 152 valence electrons. The summed E-state index contributed by atoms with van der Waals surface area (Å²) in [7, 11) is 0. The molecule has 0 unspecified atom stereocenters. The second-order valence-electron chi connectivity index (χ2n) is 7.34. The summed E-state index contributed by atoms with van der Waals surface area (Å²) in [6.45, 7) is 5.59. The second kappa shape index (κ2) is 8.11. The van der Waals surface area contributed by atoms with Crippen LogP contribution in [0, 0.1) is 44.1 Å². The molecular weight excluding hydrogens is 393 g/mol. The Balaban J connectivity index is 1.62. The topological polar surface area (TPSA) is 59.8 Å². The average Bonchev–Trinajstić information content (AvgIpc) is 2.97. The van der Waals surface area contributed by atoms with Crippen molar-refractivity contribution in [2.75, 3.05) is 0 Å². The Kier molecular flexibility index (Phi) is 5.98. The highest BCUT2D eigenvalue weighted by Gasteiger charge is 2.29. The molecule has 1 aliphatic carbocycles. The number of halogens is 4. The highest BCUT2D eigenvalue weighted by atomic mass is 35.5. The minimum atomic E-state index is -1.41. The lowest BCUT2D eigenvalue weighted by molar-refractivity contribution is 0.0915. The highest BCUT2D eigenvalue weighted by molar-refractivity contribution is 6.34. The van der Waals surface area contributed by atoms with E-state index in [1.165, 1.54) is 0 Å². The van der Waals surface area contributed by atoms with E-state index in [1.54, 1.807) is 0 Å². The molecule has 0 radical (unpaired) electrons. The van der Waals surface area contributed by atoms with E-state index in [9.17, 15) is 18.0 Å². The maximum absolute atomic E-state index is 14.3. The molecule has 0 bridgehead atoms. The SMILES string of the molecule is Cc1nc(C)n(CC2CCC(NC(=O)c3c(F)c(C)c(F)c(F)c3Cl)CC2)n1. The lowest BCUT2D eigenvalue weighted by Crippen LogP contribution is -2.39. The first kappa shape index (κ1) is 20.6. The van der Waals surface area contributed by atoms with Crippen molar-refractivity contribution in [2.24, 2.45) is 5.92 Å². The third-order valence-corrected chi connectivity index (χ3v) is 5.64. The van der Waals surface area contributed by atoms with Crippen LogP contribution in [0.25, 0.3) is 0 Å². The van der Waals surface area contributed by atoms with Gasteiger partial charge in [0.15, 0.2) is 11.6 Å². The van der Waals surface area contributed by atoms with Gasteiger partial charge in [0.25, 0.3) is 5.91 Å². The lowest BCUT2D eigenvalue weighted by atomic mass is 9.86. The summed E-state index contributed by atoms with van der Waals surface area (Å²) in [4.78, 5) is 16.7. The highest BCUT2D eigenvalue weighted by Crippen LogP contribution is 2.30. The maximum Gasteiger partial charge on any atom is 0.256 e. The number of benzene rings is 1. The van der Waals surface area contributed by atoms with Gasteiger partial charge in [0.05, 0.1) is 10.6 Å². The Morgan fingerprint density at radius 2 is 1.75 bits per heavy atom. The molecule has 2 aromatic rings. The fourth-order valence-corrected chi connectivity index (χ4v) is 3.93. The molecule has 9 heteroatoms. The minimum Gasteiger partial charge on any atom is -0.349 e. The van der Waals surface area contributed by atoms with Crippen LogP contribution in [-0.4, -0.2) is 26.7 Å². The minimum absolute atomic E-state index is 0.175. The Morgan fingerprint density at radius 1 is 1.11 bits per heavy atom. The molecule has 1 aromatic heterocycles. The fraction of sp³-hybridized carbons (Fsp3) is 0.526. The van der Waals surface area contributed by atoms with Crippen molar-refractivity contribution in [3.05, 3.63) is 45.3 Å². The maximum atomic E-state index is 14.3. The van der Waals surface area contributed by atoms with Gasteiger partial charge < -0.3 is 5.32 Å². The fourth-order valence-electron chi connectivity index (χ4n) is 3.68. The quantitative estimate of drug-likeness (QED) is 0.600. The van der Waals surface area contributed by atoms with E-state index in [0.717, 1.165) is 38.0 Å². The van der Waals surface area contributed by atoms with Crippen molar-refractivity contribution in [1.82, 2.24) is 20.1 Å². The van der Waals surface area contributed by atoms with Crippen molar-refractivity contribution in [3.63, 3.8) is 0 Å². The first-order valence-corrected chi connectivity index (χ1v) is 9.58. The standard InChI is InChI=1S/C19H22ClF3N4O/c1-9-16(21)14(15(20)18(23)17(9)22)19(28)25-13-6-4-12(5-7-13)8-27-11(3)24-10(2)26-27/h12-13H,4-8H2,1-3H3,(H,25,28). The van der Waals surface area contributed by atoms with Crippen LogP contribution < -0.4 is 5.32 Å². The van der Waals surface area contributed by atoms with Crippen molar-refractivity contribution in [1.29, 1.82) is 0 Å². The largest absolute Gasteiger partial charge is 0.349 e. The number of nitrogens with one attached hydrogen (secondary N) is 1. The van der Waals surface area contributed by atoms with Crippen LogP contribution >= 0.6 is 11.6 Å². The molecular formula is C19H22ClF3N4O. The van der Waals surface area contributed by atoms with Crippen LogP contribution in [0.3, 0.4) is 0 Å². The molecule has 1 N–H and O–H groups in total. The number of nitrogens with zero attached hydrogens (tertiary/aromatic N) is 3. The monoisotopic (exact) mass is 414 g/mol. The smallest absolute Gasteiger partial charge is 0.256 e. The molecule has 5 nitrogen and oxygen atoms in total. The number of carbonyl (C=O) groups is 1. The lowest BCUT2D eigenvalue weighted by Gasteiger charge is -2.29. The third-order valence-electron chi connectivity index (χ3n) is 5.29. The Hall–Kier alpha value is -2.09. The van der Waals surface area contributed by atoms with E-state index >= 15 is 0 Å². The molecule has 1 aromatic carbocycles. The molecule has 28 heavy (non-hydrogen) atoms. The van der Waals surface area contributed by atoms with Crippen molar-refractivity contribution >= 4 is 17.5 Å². The van der Waals surface area contributed by atoms with Gasteiger partial charge in [-0.1, -0.05) is 11.6 Å². The van der Waals surface area contributed by atoms with E-state index in [2.05, 4.69) is 15.4 Å². The van der Waals surface area contributed by atoms with Gasteiger partial charge in [0.1, 0.15) is 17.5 Å². The van der Waals surface area contributed by atoms with Crippen LogP contribution in [-0.2, 0) is 6.54 Å². The zero-order chi connectivity index (χ0) is 20.6. The predicted octanol–water partition coefficient (Wildman–Crippen LogP) is 4.26. The summed E-state index contributed by atoms with van der Waals surface area (Å²) in [6, 6.07) is -0.175. The van der Waals surface area contributed by atoms with E-state index in [0.29, 0.717) is 18.8 Å². The van der Waals surface area contributed by atoms with E-state index < -0.39 is 39.5 Å². The first-order valence-electron chi connectivity index (χ1n) is 9.20. The summed E-state index contributed by atoms with van der Waals surface area (Å²) >= 11 is 5.69.